The summed E-state index contributed by atoms with van der Waals surface area (Å²) in [4.78, 5) is 2.48. The van der Waals surface area contributed by atoms with E-state index in [-0.39, 0.29) is 5.54 Å². The summed E-state index contributed by atoms with van der Waals surface area (Å²) >= 11 is 0. The predicted octanol–water partition coefficient (Wildman–Crippen LogP) is 2.81. The average Bonchev–Trinajstić information content (AvgIpc) is 2.43. The second kappa shape index (κ2) is 5.48. The van der Waals surface area contributed by atoms with Gasteiger partial charge in [-0.1, -0.05) is 43.3 Å². The summed E-state index contributed by atoms with van der Waals surface area (Å²) in [7, 11) is 0. The van der Waals surface area contributed by atoms with Gasteiger partial charge in [-0.15, -0.1) is 6.58 Å². The molecule has 0 amide bonds. The van der Waals surface area contributed by atoms with Gasteiger partial charge in [-0.25, -0.2) is 0 Å². The van der Waals surface area contributed by atoms with Crippen molar-refractivity contribution in [2.75, 3.05) is 26.3 Å². The summed E-state index contributed by atoms with van der Waals surface area (Å²) in [6, 6.07) is 10.7. The van der Waals surface area contributed by atoms with Gasteiger partial charge in [0.2, 0.25) is 0 Å². The zero-order valence-corrected chi connectivity index (χ0v) is 10.6. The third-order valence-corrected chi connectivity index (χ3v) is 3.73. The van der Waals surface area contributed by atoms with Gasteiger partial charge in [-0.05, 0) is 12.0 Å². The number of benzene rings is 1. The van der Waals surface area contributed by atoms with Crippen LogP contribution in [0.5, 0.6) is 0 Å². The highest BCUT2D eigenvalue weighted by molar-refractivity contribution is 5.29. The summed E-state index contributed by atoms with van der Waals surface area (Å²) in [6.07, 6.45) is 3.13. The Morgan fingerprint density at radius 2 is 1.94 bits per heavy atom. The molecular weight excluding hydrogens is 210 g/mol. The van der Waals surface area contributed by atoms with E-state index < -0.39 is 0 Å². The highest BCUT2D eigenvalue weighted by Crippen LogP contribution is 2.33. The Bertz CT molecular complexity index is 356. The third kappa shape index (κ3) is 2.28. The van der Waals surface area contributed by atoms with Crippen LogP contribution in [-0.4, -0.2) is 31.2 Å². The highest BCUT2D eigenvalue weighted by atomic mass is 16.5. The molecule has 1 unspecified atom stereocenters. The third-order valence-electron chi connectivity index (χ3n) is 3.73. The summed E-state index contributed by atoms with van der Waals surface area (Å²) in [5.74, 6) is 0. The van der Waals surface area contributed by atoms with Gasteiger partial charge in [0.25, 0.3) is 0 Å². The van der Waals surface area contributed by atoms with Gasteiger partial charge in [0.1, 0.15) is 0 Å². The van der Waals surface area contributed by atoms with Crippen molar-refractivity contribution in [3.63, 3.8) is 0 Å². The van der Waals surface area contributed by atoms with Crippen LogP contribution in [0.2, 0.25) is 0 Å². The Morgan fingerprint density at radius 3 is 2.47 bits per heavy atom. The van der Waals surface area contributed by atoms with Crippen LogP contribution in [0.1, 0.15) is 18.9 Å². The molecule has 1 saturated heterocycles. The Kier molecular flexibility index (Phi) is 3.97. The molecule has 2 nitrogen and oxygen atoms in total. The van der Waals surface area contributed by atoms with Crippen LogP contribution in [0, 0.1) is 0 Å². The smallest absolute Gasteiger partial charge is 0.0641 e. The van der Waals surface area contributed by atoms with E-state index in [0.717, 1.165) is 32.7 Å². The van der Waals surface area contributed by atoms with Crippen molar-refractivity contribution in [3.8, 4) is 0 Å². The van der Waals surface area contributed by atoms with Gasteiger partial charge >= 0.3 is 0 Å². The molecule has 0 saturated carbocycles. The minimum atomic E-state index is -0.0367. The summed E-state index contributed by atoms with van der Waals surface area (Å²) in [5, 5.41) is 0. The molecule has 1 aliphatic heterocycles. The maximum absolute atomic E-state index is 5.44. The maximum atomic E-state index is 5.44. The summed E-state index contributed by atoms with van der Waals surface area (Å²) in [6.45, 7) is 9.90. The molecule has 92 valence electrons. The zero-order chi connectivity index (χ0) is 12.1. The van der Waals surface area contributed by atoms with E-state index in [1.54, 1.807) is 0 Å². The number of ether oxygens (including phenoxy) is 1. The lowest BCUT2D eigenvalue weighted by molar-refractivity contribution is -0.00894. The topological polar surface area (TPSA) is 12.5 Å². The second-order valence-electron chi connectivity index (χ2n) is 4.45. The fourth-order valence-corrected chi connectivity index (χ4v) is 2.69. The normalized spacial score (nSPS) is 20.8. The van der Waals surface area contributed by atoms with Crippen molar-refractivity contribution in [3.05, 3.63) is 48.6 Å². The fraction of sp³-hybridized carbons (Fsp3) is 0.467. The van der Waals surface area contributed by atoms with E-state index in [1.165, 1.54) is 5.56 Å². The van der Waals surface area contributed by atoms with E-state index >= 15 is 0 Å². The molecule has 1 aromatic carbocycles. The average molecular weight is 231 g/mol. The van der Waals surface area contributed by atoms with Gasteiger partial charge in [0.15, 0.2) is 0 Å². The number of rotatable bonds is 4. The lowest BCUT2D eigenvalue weighted by Crippen LogP contribution is -2.50. The summed E-state index contributed by atoms with van der Waals surface area (Å²) < 4.78 is 5.44. The number of hydrogen-bond donors (Lipinski definition) is 0. The minimum Gasteiger partial charge on any atom is -0.379 e. The quantitative estimate of drug-likeness (QED) is 0.739. The van der Waals surface area contributed by atoms with E-state index in [0.29, 0.717) is 0 Å². The van der Waals surface area contributed by atoms with Crippen LogP contribution in [0.3, 0.4) is 0 Å². The van der Waals surface area contributed by atoms with E-state index in [1.807, 2.05) is 0 Å². The SMILES string of the molecule is C=CC(CC)(c1ccccc1)N1CCOCC1. The Hall–Kier alpha value is -1.12. The van der Waals surface area contributed by atoms with Crippen molar-refractivity contribution in [1.29, 1.82) is 0 Å². The number of morpholine rings is 1. The maximum Gasteiger partial charge on any atom is 0.0641 e. The van der Waals surface area contributed by atoms with Gasteiger partial charge in [0.05, 0.1) is 18.8 Å². The molecule has 0 aromatic heterocycles. The van der Waals surface area contributed by atoms with Gasteiger partial charge < -0.3 is 4.74 Å². The molecule has 0 radical (unpaired) electrons. The molecule has 0 aliphatic carbocycles. The predicted molar refractivity (Wildman–Crippen MR) is 71.0 cm³/mol. The zero-order valence-electron chi connectivity index (χ0n) is 10.6. The Balaban J connectivity index is 2.34. The van der Waals surface area contributed by atoms with Crippen LogP contribution in [-0.2, 0) is 10.3 Å². The molecule has 2 rings (SSSR count). The number of nitrogens with zero attached hydrogens (tertiary/aromatic N) is 1. The highest BCUT2D eigenvalue weighted by Gasteiger charge is 2.34. The largest absolute Gasteiger partial charge is 0.379 e. The lowest BCUT2D eigenvalue weighted by atomic mass is 9.85. The van der Waals surface area contributed by atoms with E-state index in [2.05, 4.69) is 54.8 Å². The van der Waals surface area contributed by atoms with Crippen LogP contribution < -0.4 is 0 Å². The first-order chi connectivity index (χ1) is 8.33. The van der Waals surface area contributed by atoms with E-state index in [4.69, 9.17) is 4.74 Å². The molecule has 17 heavy (non-hydrogen) atoms. The minimum absolute atomic E-state index is 0.0367. The standard InChI is InChI=1S/C15H21NO/c1-3-15(4-2,14-8-6-5-7-9-14)16-10-12-17-13-11-16/h3,5-9H,1,4,10-13H2,2H3. The second-order valence-corrected chi connectivity index (χ2v) is 4.45. The Morgan fingerprint density at radius 1 is 1.29 bits per heavy atom. The molecule has 1 aliphatic rings. The first kappa shape index (κ1) is 12.3. The van der Waals surface area contributed by atoms with E-state index in [9.17, 15) is 0 Å². The van der Waals surface area contributed by atoms with Gasteiger partial charge in [-0.2, -0.15) is 0 Å². The van der Waals surface area contributed by atoms with Gasteiger partial charge in [-0.3, -0.25) is 4.90 Å². The summed E-state index contributed by atoms with van der Waals surface area (Å²) in [5.41, 5.74) is 1.30. The van der Waals surface area contributed by atoms with Crippen molar-refractivity contribution in [2.24, 2.45) is 0 Å². The van der Waals surface area contributed by atoms with Crippen molar-refractivity contribution in [1.82, 2.24) is 4.90 Å². The van der Waals surface area contributed by atoms with Crippen molar-refractivity contribution < 1.29 is 4.74 Å². The van der Waals surface area contributed by atoms with Crippen molar-refractivity contribution in [2.45, 2.75) is 18.9 Å². The molecule has 1 atom stereocenters. The first-order valence-corrected chi connectivity index (χ1v) is 6.35. The number of hydrogen-bond acceptors (Lipinski definition) is 2. The fourth-order valence-electron chi connectivity index (χ4n) is 2.69. The Labute approximate surface area is 104 Å². The first-order valence-electron chi connectivity index (χ1n) is 6.35. The van der Waals surface area contributed by atoms with Crippen molar-refractivity contribution >= 4 is 0 Å². The molecule has 1 aromatic rings. The molecule has 1 fully saturated rings. The molecule has 0 spiro atoms. The van der Waals surface area contributed by atoms with Crippen LogP contribution in [0.15, 0.2) is 43.0 Å². The molecule has 0 N–H and O–H groups in total. The monoisotopic (exact) mass is 231 g/mol. The molecular formula is C15H21NO. The van der Waals surface area contributed by atoms with Gasteiger partial charge in [0, 0.05) is 13.1 Å². The molecule has 1 heterocycles. The lowest BCUT2D eigenvalue weighted by Gasteiger charge is -2.43. The van der Waals surface area contributed by atoms with Crippen LogP contribution >= 0.6 is 0 Å². The van der Waals surface area contributed by atoms with Crippen LogP contribution in [0.25, 0.3) is 0 Å². The molecule has 2 heteroatoms. The van der Waals surface area contributed by atoms with Crippen LogP contribution in [0.4, 0.5) is 0 Å². The molecule has 0 bridgehead atoms.